The molecule has 0 saturated carbocycles. The lowest BCUT2D eigenvalue weighted by Crippen LogP contribution is -2.42. The first-order valence-electron chi connectivity index (χ1n) is 10.6. The molecule has 2 unspecified atom stereocenters. The molecule has 6 nitrogen and oxygen atoms in total. The summed E-state index contributed by atoms with van der Waals surface area (Å²) in [6.07, 6.45) is 4.67. The van der Waals surface area contributed by atoms with Gasteiger partial charge in [-0.2, -0.15) is 0 Å². The summed E-state index contributed by atoms with van der Waals surface area (Å²) in [6.45, 7) is 7.46. The summed E-state index contributed by atoms with van der Waals surface area (Å²) < 4.78 is 5.90. The summed E-state index contributed by atoms with van der Waals surface area (Å²) in [5.74, 6) is 1.11. The van der Waals surface area contributed by atoms with Crippen molar-refractivity contribution in [1.29, 1.82) is 0 Å². The number of carbonyl (C=O) groups excluding carboxylic acids is 1. The number of carbonyl (C=O) groups is 1. The number of guanidine groups is 1. The standard InChI is InChI=1S/C22H36N4O2/c1-4-20(26-16-8-12-21(26)27)13-15-25-22(23-3)24-14-9-17-28-18(2)19-10-6-5-7-11-19/h5-7,10-11,18,20H,4,8-9,12-17H2,1-3H3,(H2,23,24,25). The van der Waals surface area contributed by atoms with Gasteiger partial charge in [-0.15, -0.1) is 0 Å². The molecule has 2 atom stereocenters. The number of amides is 1. The van der Waals surface area contributed by atoms with E-state index < -0.39 is 0 Å². The summed E-state index contributed by atoms with van der Waals surface area (Å²) in [5, 5.41) is 6.69. The van der Waals surface area contributed by atoms with Crippen LogP contribution in [-0.4, -0.2) is 56.1 Å². The fourth-order valence-electron chi connectivity index (χ4n) is 3.57. The molecular weight excluding hydrogens is 352 g/mol. The Balaban J connectivity index is 1.59. The monoisotopic (exact) mass is 388 g/mol. The number of hydrogen-bond acceptors (Lipinski definition) is 3. The molecule has 156 valence electrons. The first-order valence-corrected chi connectivity index (χ1v) is 10.6. The first kappa shape index (κ1) is 22.2. The lowest BCUT2D eigenvalue weighted by Gasteiger charge is -2.27. The topological polar surface area (TPSA) is 66.0 Å². The molecule has 0 aliphatic carbocycles. The van der Waals surface area contributed by atoms with E-state index in [9.17, 15) is 4.79 Å². The normalized spacial score (nSPS) is 16.9. The minimum Gasteiger partial charge on any atom is -0.374 e. The molecule has 1 amide bonds. The molecule has 1 aromatic rings. The van der Waals surface area contributed by atoms with Crippen molar-refractivity contribution in [3.05, 3.63) is 35.9 Å². The molecule has 6 heteroatoms. The molecule has 0 aromatic heterocycles. The van der Waals surface area contributed by atoms with Crippen LogP contribution in [0.4, 0.5) is 0 Å². The average Bonchev–Trinajstić information content (AvgIpc) is 3.15. The van der Waals surface area contributed by atoms with E-state index in [1.165, 1.54) is 5.56 Å². The Bertz CT molecular complexity index is 606. The van der Waals surface area contributed by atoms with Crippen molar-refractivity contribution in [1.82, 2.24) is 15.5 Å². The van der Waals surface area contributed by atoms with Gasteiger partial charge in [0.1, 0.15) is 0 Å². The van der Waals surface area contributed by atoms with E-state index in [-0.39, 0.29) is 6.10 Å². The maximum Gasteiger partial charge on any atom is 0.222 e. The quantitative estimate of drug-likeness (QED) is 0.347. The molecule has 1 heterocycles. The Kier molecular flexibility index (Phi) is 9.83. The van der Waals surface area contributed by atoms with E-state index in [2.05, 4.69) is 41.6 Å². The zero-order chi connectivity index (χ0) is 20.2. The SMILES string of the molecule is CCC(CCNC(=NC)NCCCOC(C)c1ccccc1)N1CCCC1=O. The predicted octanol–water partition coefficient (Wildman–Crippen LogP) is 3.11. The molecule has 0 bridgehead atoms. The van der Waals surface area contributed by atoms with Crippen molar-refractivity contribution in [3.8, 4) is 0 Å². The molecule has 1 fully saturated rings. The van der Waals surface area contributed by atoms with Gasteiger partial charge < -0.3 is 20.3 Å². The second kappa shape index (κ2) is 12.4. The fourth-order valence-corrected chi connectivity index (χ4v) is 3.57. The van der Waals surface area contributed by atoms with Gasteiger partial charge in [0.15, 0.2) is 5.96 Å². The van der Waals surface area contributed by atoms with Gasteiger partial charge >= 0.3 is 0 Å². The Hall–Kier alpha value is -2.08. The fraction of sp³-hybridized carbons (Fsp3) is 0.636. The van der Waals surface area contributed by atoms with Crippen LogP contribution in [-0.2, 0) is 9.53 Å². The van der Waals surface area contributed by atoms with Gasteiger partial charge in [-0.25, -0.2) is 0 Å². The molecule has 1 aromatic carbocycles. The predicted molar refractivity (Wildman–Crippen MR) is 114 cm³/mol. The number of nitrogens with zero attached hydrogens (tertiary/aromatic N) is 2. The van der Waals surface area contributed by atoms with E-state index in [1.807, 2.05) is 23.1 Å². The van der Waals surface area contributed by atoms with Gasteiger partial charge in [0.2, 0.25) is 5.91 Å². The first-order chi connectivity index (χ1) is 13.7. The van der Waals surface area contributed by atoms with E-state index in [0.29, 0.717) is 25.0 Å². The highest BCUT2D eigenvalue weighted by molar-refractivity contribution is 5.79. The number of nitrogens with one attached hydrogen (secondary N) is 2. The van der Waals surface area contributed by atoms with E-state index in [0.717, 1.165) is 51.3 Å². The van der Waals surface area contributed by atoms with Crippen LogP contribution in [0.1, 0.15) is 57.6 Å². The third-order valence-electron chi connectivity index (χ3n) is 5.27. The van der Waals surface area contributed by atoms with Crippen molar-refractivity contribution in [2.45, 2.75) is 58.1 Å². The second-order valence-electron chi connectivity index (χ2n) is 7.24. The third-order valence-corrected chi connectivity index (χ3v) is 5.27. The molecule has 1 aliphatic heterocycles. The summed E-state index contributed by atoms with van der Waals surface area (Å²) in [7, 11) is 1.78. The molecule has 2 rings (SSSR count). The Morgan fingerprint density at radius 1 is 1.25 bits per heavy atom. The average molecular weight is 389 g/mol. The highest BCUT2D eigenvalue weighted by Crippen LogP contribution is 2.18. The maximum absolute atomic E-state index is 11.9. The van der Waals surface area contributed by atoms with E-state index >= 15 is 0 Å². The lowest BCUT2D eigenvalue weighted by molar-refractivity contribution is -0.129. The van der Waals surface area contributed by atoms with Gasteiger partial charge in [0.25, 0.3) is 0 Å². The highest BCUT2D eigenvalue weighted by Gasteiger charge is 2.26. The Morgan fingerprint density at radius 2 is 2.00 bits per heavy atom. The van der Waals surface area contributed by atoms with Gasteiger partial charge in [-0.1, -0.05) is 37.3 Å². The van der Waals surface area contributed by atoms with Crippen molar-refractivity contribution in [2.24, 2.45) is 4.99 Å². The lowest BCUT2D eigenvalue weighted by atomic mass is 10.1. The van der Waals surface area contributed by atoms with Crippen molar-refractivity contribution in [3.63, 3.8) is 0 Å². The minimum absolute atomic E-state index is 0.109. The molecule has 1 aliphatic rings. The highest BCUT2D eigenvalue weighted by atomic mass is 16.5. The maximum atomic E-state index is 11.9. The number of benzene rings is 1. The van der Waals surface area contributed by atoms with Crippen molar-refractivity contribution >= 4 is 11.9 Å². The van der Waals surface area contributed by atoms with Crippen LogP contribution in [0.3, 0.4) is 0 Å². The van der Waals surface area contributed by atoms with Crippen LogP contribution in [0.2, 0.25) is 0 Å². The Morgan fingerprint density at radius 3 is 2.64 bits per heavy atom. The summed E-state index contributed by atoms with van der Waals surface area (Å²) in [5.41, 5.74) is 1.20. The zero-order valence-electron chi connectivity index (χ0n) is 17.6. The molecule has 0 radical (unpaired) electrons. The van der Waals surface area contributed by atoms with Crippen LogP contribution >= 0.6 is 0 Å². The molecule has 1 saturated heterocycles. The van der Waals surface area contributed by atoms with Crippen molar-refractivity contribution < 1.29 is 9.53 Å². The van der Waals surface area contributed by atoms with Crippen molar-refractivity contribution in [2.75, 3.05) is 33.3 Å². The number of likely N-dealkylation sites (tertiary alicyclic amines) is 1. The van der Waals surface area contributed by atoms with Gasteiger partial charge in [0, 0.05) is 45.8 Å². The van der Waals surface area contributed by atoms with Crippen LogP contribution < -0.4 is 10.6 Å². The van der Waals surface area contributed by atoms with E-state index in [4.69, 9.17) is 4.74 Å². The summed E-state index contributed by atoms with van der Waals surface area (Å²) in [6, 6.07) is 10.6. The van der Waals surface area contributed by atoms with Crippen LogP contribution in [0, 0.1) is 0 Å². The molecular formula is C22H36N4O2. The molecule has 28 heavy (non-hydrogen) atoms. The second-order valence-corrected chi connectivity index (χ2v) is 7.24. The third kappa shape index (κ3) is 7.15. The van der Waals surface area contributed by atoms with Gasteiger partial charge in [-0.3, -0.25) is 9.79 Å². The zero-order valence-corrected chi connectivity index (χ0v) is 17.6. The van der Waals surface area contributed by atoms with Crippen LogP contribution in [0.25, 0.3) is 0 Å². The summed E-state index contributed by atoms with van der Waals surface area (Å²) in [4.78, 5) is 18.2. The number of aliphatic imine (C=N–C) groups is 1. The number of rotatable bonds is 11. The smallest absolute Gasteiger partial charge is 0.222 e. The Labute approximate surface area is 169 Å². The van der Waals surface area contributed by atoms with Gasteiger partial charge in [-0.05, 0) is 38.2 Å². The van der Waals surface area contributed by atoms with Crippen LogP contribution in [0.5, 0.6) is 0 Å². The van der Waals surface area contributed by atoms with Gasteiger partial charge in [0.05, 0.1) is 6.10 Å². The largest absolute Gasteiger partial charge is 0.374 e. The van der Waals surface area contributed by atoms with Crippen LogP contribution in [0.15, 0.2) is 35.3 Å². The minimum atomic E-state index is 0.109. The number of hydrogen-bond donors (Lipinski definition) is 2. The molecule has 0 spiro atoms. The number of ether oxygens (including phenoxy) is 1. The molecule has 2 N–H and O–H groups in total. The summed E-state index contributed by atoms with van der Waals surface area (Å²) >= 11 is 0. The van der Waals surface area contributed by atoms with E-state index in [1.54, 1.807) is 7.05 Å².